The molecule has 0 heterocycles. The van der Waals surface area contributed by atoms with Crippen molar-refractivity contribution < 1.29 is 13.5 Å². The maximum absolute atomic E-state index is 12.5. The average molecular weight is 333 g/mol. The fourth-order valence-corrected chi connectivity index (χ4v) is 4.11. The van der Waals surface area contributed by atoms with Crippen LogP contribution in [0.3, 0.4) is 0 Å². The van der Waals surface area contributed by atoms with Gasteiger partial charge in [-0.25, -0.2) is 13.1 Å². The van der Waals surface area contributed by atoms with Crippen LogP contribution in [0.5, 0.6) is 0 Å². The van der Waals surface area contributed by atoms with Gasteiger partial charge in [-0.1, -0.05) is 48.0 Å². The Morgan fingerprint density at radius 1 is 1.09 bits per heavy atom. The Balaban J connectivity index is 2.08. The summed E-state index contributed by atoms with van der Waals surface area (Å²) in [7, 11) is -3.60. The zero-order chi connectivity index (χ0) is 17.0. The molecule has 0 spiro atoms. The monoisotopic (exact) mass is 333 g/mol. The number of nitrogens with one attached hydrogen (secondary N) is 1. The standard InChI is InChI=1S/C18H23NO3S/c1-13-9-10-18(14(2)11-13)23(21,22)19-15(3)12-17(20)16-7-5-4-6-8-16/h4-11,15,17,19-20H,12H2,1-3H3/t15-,17+/m1/s1. The number of aliphatic hydroxyl groups is 1. The predicted molar refractivity (Wildman–Crippen MR) is 91.7 cm³/mol. The fraction of sp³-hybridized carbons (Fsp3) is 0.333. The number of hydrogen-bond acceptors (Lipinski definition) is 3. The number of sulfonamides is 1. The van der Waals surface area contributed by atoms with Crippen LogP contribution in [0.25, 0.3) is 0 Å². The van der Waals surface area contributed by atoms with E-state index in [1.807, 2.05) is 43.3 Å². The minimum atomic E-state index is -3.60. The molecule has 4 nitrogen and oxygen atoms in total. The molecule has 0 saturated carbocycles. The number of aryl methyl sites for hydroxylation is 2. The first-order chi connectivity index (χ1) is 10.8. The van der Waals surface area contributed by atoms with Crippen LogP contribution in [0.1, 0.15) is 36.1 Å². The van der Waals surface area contributed by atoms with Crippen LogP contribution >= 0.6 is 0 Å². The van der Waals surface area contributed by atoms with Crippen molar-refractivity contribution in [3.63, 3.8) is 0 Å². The molecule has 0 aliphatic rings. The van der Waals surface area contributed by atoms with Gasteiger partial charge in [-0.05, 0) is 44.4 Å². The number of benzene rings is 2. The third-order valence-electron chi connectivity index (χ3n) is 3.74. The molecule has 0 fully saturated rings. The number of rotatable bonds is 6. The van der Waals surface area contributed by atoms with Crippen molar-refractivity contribution in [3.05, 3.63) is 65.2 Å². The molecular formula is C18H23NO3S. The molecule has 0 aliphatic carbocycles. The van der Waals surface area contributed by atoms with Crippen molar-refractivity contribution >= 4 is 10.0 Å². The molecule has 2 atom stereocenters. The highest BCUT2D eigenvalue weighted by Crippen LogP contribution is 2.20. The molecule has 5 heteroatoms. The third-order valence-corrected chi connectivity index (χ3v) is 5.49. The Morgan fingerprint density at radius 3 is 2.35 bits per heavy atom. The molecule has 0 aromatic heterocycles. The average Bonchev–Trinajstić information content (AvgIpc) is 2.46. The molecule has 0 bridgehead atoms. The Morgan fingerprint density at radius 2 is 1.74 bits per heavy atom. The normalized spacial score (nSPS) is 14.4. The topological polar surface area (TPSA) is 66.4 Å². The lowest BCUT2D eigenvalue weighted by Crippen LogP contribution is -2.34. The number of aliphatic hydroxyl groups excluding tert-OH is 1. The van der Waals surface area contributed by atoms with Crippen molar-refractivity contribution in [2.45, 2.75) is 44.2 Å². The lowest BCUT2D eigenvalue weighted by atomic mass is 10.0. The Bertz CT molecular complexity index is 757. The summed E-state index contributed by atoms with van der Waals surface area (Å²) >= 11 is 0. The smallest absolute Gasteiger partial charge is 0.241 e. The van der Waals surface area contributed by atoms with Crippen molar-refractivity contribution in [2.75, 3.05) is 0 Å². The van der Waals surface area contributed by atoms with Crippen LogP contribution in [0.4, 0.5) is 0 Å². The molecule has 0 amide bonds. The first kappa shape index (κ1) is 17.7. The van der Waals surface area contributed by atoms with E-state index >= 15 is 0 Å². The van der Waals surface area contributed by atoms with E-state index in [0.717, 1.165) is 11.1 Å². The summed E-state index contributed by atoms with van der Waals surface area (Å²) in [5.41, 5.74) is 2.52. The van der Waals surface area contributed by atoms with Crippen molar-refractivity contribution in [1.29, 1.82) is 0 Å². The molecule has 0 radical (unpaired) electrons. The first-order valence-electron chi connectivity index (χ1n) is 7.62. The molecule has 23 heavy (non-hydrogen) atoms. The summed E-state index contributed by atoms with van der Waals surface area (Å²) in [5, 5.41) is 10.2. The van der Waals surface area contributed by atoms with Crippen molar-refractivity contribution in [3.8, 4) is 0 Å². The molecule has 2 rings (SSSR count). The first-order valence-corrected chi connectivity index (χ1v) is 9.10. The summed E-state index contributed by atoms with van der Waals surface area (Å²) in [6.45, 7) is 5.47. The van der Waals surface area contributed by atoms with E-state index in [1.54, 1.807) is 26.0 Å². The Kier molecular flexibility index (Phi) is 5.57. The van der Waals surface area contributed by atoms with E-state index in [-0.39, 0.29) is 10.9 Å². The summed E-state index contributed by atoms with van der Waals surface area (Å²) in [6.07, 6.45) is -0.387. The van der Waals surface area contributed by atoms with Gasteiger partial charge in [0.15, 0.2) is 0 Å². The molecule has 124 valence electrons. The quantitative estimate of drug-likeness (QED) is 0.854. The maximum atomic E-state index is 12.5. The van der Waals surface area contributed by atoms with Gasteiger partial charge in [0, 0.05) is 6.04 Å². The summed E-state index contributed by atoms with van der Waals surface area (Å²) in [5.74, 6) is 0. The van der Waals surface area contributed by atoms with Gasteiger partial charge in [-0.2, -0.15) is 0 Å². The van der Waals surface area contributed by atoms with Gasteiger partial charge in [-0.3, -0.25) is 0 Å². The molecule has 0 saturated heterocycles. The van der Waals surface area contributed by atoms with E-state index in [2.05, 4.69) is 4.72 Å². The van der Waals surface area contributed by atoms with Crippen LogP contribution in [0.2, 0.25) is 0 Å². The fourth-order valence-electron chi connectivity index (χ4n) is 2.62. The Labute approximate surface area is 138 Å². The highest BCUT2D eigenvalue weighted by atomic mass is 32.2. The van der Waals surface area contributed by atoms with Crippen LogP contribution in [-0.4, -0.2) is 19.6 Å². The second-order valence-electron chi connectivity index (χ2n) is 5.95. The zero-order valence-corrected chi connectivity index (χ0v) is 14.5. The van der Waals surface area contributed by atoms with Gasteiger partial charge < -0.3 is 5.11 Å². The van der Waals surface area contributed by atoms with Crippen LogP contribution < -0.4 is 4.72 Å². The van der Waals surface area contributed by atoms with Crippen molar-refractivity contribution in [2.24, 2.45) is 0 Å². The van der Waals surface area contributed by atoms with Crippen LogP contribution in [0.15, 0.2) is 53.4 Å². The van der Waals surface area contributed by atoms with Gasteiger partial charge >= 0.3 is 0 Å². The van der Waals surface area contributed by atoms with Gasteiger partial charge in [0.05, 0.1) is 11.0 Å². The molecule has 0 unspecified atom stereocenters. The second kappa shape index (κ2) is 7.25. The molecule has 2 aromatic carbocycles. The maximum Gasteiger partial charge on any atom is 0.241 e. The molecule has 0 aliphatic heterocycles. The second-order valence-corrected chi connectivity index (χ2v) is 7.64. The summed E-state index contributed by atoms with van der Waals surface area (Å²) in [4.78, 5) is 0.282. The van der Waals surface area contributed by atoms with Crippen LogP contribution in [-0.2, 0) is 10.0 Å². The van der Waals surface area contributed by atoms with Gasteiger partial charge in [0.2, 0.25) is 10.0 Å². The molecule has 2 aromatic rings. The summed E-state index contributed by atoms with van der Waals surface area (Å²) < 4.78 is 27.6. The van der Waals surface area contributed by atoms with Gasteiger partial charge in [0.25, 0.3) is 0 Å². The van der Waals surface area contributed by atoms with E-state index in [0.29, 0.717) is 12.0 Å². The van der Waals surface area contributed by atoms with E-state index in [4.69, 9.17) is 0 Å². The predicted octanol–water partition coefficient (Wildman–Crippen LogP) is 3.09. The van der Waals surface area contributed by atoms with E-state index < -0.39 is 16.1 Å². The van der Waals surface area contributed by atoms with Crippen molar-refractivity contribution in [1.82, 2.24) is 4.72 Å². The minimum Gasteiger partial charge on any atom is -0.388 e. The highest BCUT2D eigenvalue weighted by molar-refractivity contribution is 7.89. The van der Waals surface area contributed by atoms with E-state index in [9.17, 15) is 13.5 Å². The lowest BCUT2D eigenvalue weighted by molar-refractivity contribution is 0.158. The van der Waals surface area contributed by atoms with Gasteiger partial charge in [0.1, 0.15) is 0 Å². The lowest BCUT2D eigenvalue weighted by Gasteiger charge is -2.19. The Hall–Kier alpha value is -1.69. The number of hydrogen-bond donors (Lipinski definition) is 2. The van der Waals surface area contributed by atoms with Crippen LogP contribution in [0, 0.1) is 13.8 Å². The minimum absolute atomic E-state index is 0.282. The largest absolute Gasteiger partial charge is 0.388 e. The SMILES string of the molecule is Cc1ccc(S(=O)(=O)N[C@H](C)C[C@H](O)c2ccccc2)c(C)c1. The third kappa shape index (κ3) is 4.64. The zero-order valence-electron chi connectivity index (χ0n) is 13.7. The molecular weight excluding hydrogens is 310 g/mol. The highest BCUT2D eigenvalue weighted by Gasteiger charge is 2.21. The van der Waals surface area contributed by atoms with Gasteiger partial charge in [-0.15, -0.1) is 0 Å². The summed E-state index contributed by atoms with van der Waals surface area (Å²) in [6, 6.07) is 14.1. The van der Waals surface area contributed by atoms with E-state index in [1.165, 1.54) is 0 Å². The molecule has 2 N–H and O–H groups in total.